The van der Waals surface area contributed by atoms with Crippen LogP contribution in [0.1, 0.15) is 5.48 Å². The van der Waals surface area contributed by atoms with E-state index in [9.17, 15) is 0 Å². The highest BCUT2D eigenvalue weighted by molar-refractivity contribution is 9.10. The van der Waals surface area contributed by atoms with Gasteiger partial charge < -0.3 is 0 Å². The molecule has 0 radical (unpaired) electrons. The van der Waals surface area contributed by atoms with Gasteiger partial charge in [-0.3, -0.25) is 0 Å². The molecular formula is C24H17Br. The number of benzene rings is 4. The minimum Gasteiger partial charge on any atom is -0.0622 e. The Morgan fingerprint density at radius 2 is 1.04 bits per heavy atom. The molecule has 0 fully saturated rings. The highest BCUT2D eigenvalue weighted by Crippen LogP contribution is 2.33. The summed E-state index contributed by atoms with van der Waals surface area (Å²) in [6.45, 7) is 0. The first-order valence-corrected chi connectivity index (χ1v) is 8.79. The number of hydrogen-bond donors (Lipinski definition) is 0. The molecule has 4 rings (SSSR count). The summed E-state index contributed by atoms with van der Waals surface area (Å²) in [5, 5.41) is 0. The first-order valence-electron chi connectivity index (χ1n) is 10.00. The maximum atomic E-state index is 8.56. The van der Waals surface area contributed by atoms with Crippen molar-refractivity contribution in [3.63, 3.8) is 0 Å². The Hall–Kier alpha value is -2.64. The van der Waals surface area contributed by atoms with Gasteiger partial charge in [0.1, 0.15) is 0 Å². The van der Waals surface area contributed by atoms with Crippen molar-refractivity contribution < 1.29 is 5.48 Å². The van der Waals surface area contributed by atoms with E-state index in [2.05, 4.69) is 15.9 Å². The molecule has 4 aromatic rings. The van der Waals surface area contributed by atoms with E-state index in [1.165, 1.54) is 0 Å². The molecule has 0 aliphatic heterocycles. The third-order valence-electron chi connectivity index (χ3n) is 4.03. The van der Waals surface area contributed by atoms with Crippen LogP contribution in [0.3, 0.4) is 0 Å². The van der Waals surface area contributed by atoms with Crippen LogP contribution in [-0.4, -0.2) is 0 Å². The summed E-state index contributed by atoms with van der Waals surface area (Å²) in [7, 11) is 0. The summed E-state index contributed by atoms with van der Waals surface area (Å²) in [6.07, 6.45) is 0. The lowest BCUT2D eigenvalue weighted by atomic mass is 9.98. The third-order valence-corrected chi connectivity index (χ3v) is 4.69. The fourth-order valence-electron chi connectivity index (χ4n) is 2.72. The molecule has 0 atom stereocenters. The topological polar surface area (TPSA) is 0 Å². The summed E-state index contributed by atoms with van der Waals surface area (Å²) < 4.78 is 34.9. The Morgan fingerprint density at radius 1 is 0.520 bits per heavy atom. The zero-order chi connectivity index (χ0) is 20.5. The zero-order valence-electron chi connectivity index (χ0n) is 17.4. The van der Waals surface area contributed by atoms with Crippen LogP contribution in [0.2, 0.25) is 0 Å². The van der Waals surface area contributed by atoms with Gasteiger partial charge in [-0.05, 0) is 39.4 Å². The fraction of sp³-hybridized carbons (Fsp3) is 0. The van der Waals surface area contributed by atoms with Gasteiger partial charge in [-0.15, -0.1) is 0 Å². The summed E-state index contributed by atoms with van der Waals surface area (Å²) in [5.74, 6) is 0. The van der Waals surface area contributed by atoms with Crippen LogP contribution in [0, 0.1) is 0 Å². The molecule has 0 nitrogen and oxygen atoms in total. The molecule has 0 aliphatic carbocycles. The van der Waals surface area contributed by atoms with Crippen LogP contribution in [0.4, 0.5) is 0 Å². The molecule has 0 N–H and O–H groups in total. The van der Waals surface area contributed by atoms with E-state index in [1.54, 1.807) is 12.1 Å². The predicted molar refractivity (Wildman–Crippen MR) is 110 cm³/mol. The molecule has 4 aromatic carbocycles. The highest BCUT2D eigenvalue weighted by atomic mass is 79.9. The number of rotatable bonds is 3. The minimum atomic E-state index is -0.0435. The Morgan fingerprint density at radius 3 is 1.60 bits per heavy atom. The second kappa shape index (κ2) is 7.08. The first-order chi connectivity index (χ1) is 14.0. The third kappa shape index (κ3) is 3.42. The van der Waals surface area contributed by atoms with E-state index in [1.807, 2.05) is 66.7 Å². The molecule has 0 aromatic heterocycles. The van der Waals surface area contributed by atoms with E-state index in [4.69, 9.17) is 5.48 Å². The molecule has 0 amide bonds. The Labute approximate surface area is 162 Å². The molecule has 0 bridgehead atoms. The SMILES string of the molecule is [2H]c1c([2H])c(-c2ccc(-c3ccccc3)cc2Br)c([2H])c([2H])c1-c1ccccc1. The summed E-state index contributed by atoms with van der Waals surface area (Å²) in [5.41, 5.74) is 4.01. The molecular weight excluding hydrogens is 368 g/mol. The van der Waals surface area contributed by atoms with Gasteiger partial charge in [-0.1, -0.05) is 113 Å². The van der Waals surface area contributed by atoms with E-state index in [0.717, 1.165) is 15.6 Å². The Bertz CT molecular complexity index is 1160. The minimum absolute atomic E-state index is 0.0359. The summed E-state index contributed by atoms with van der Waals surface area (Å²) >= 11 is 3.57. The van der Waals surface area contributed by atoms with E-state index in [-0.39, 0.29) is 24.2 Å². The van der Waals surface area contributed by atoms with Crippen LogP contribution >= 0.6 is 15.9 Å². The fourth-order valence-corrected chi connectivity index (χ4v) is 3.30. The van der Waals surface area contributed by atoms with Gasteiger partial charge in [-0.25, -0.2) is 0 Å². The molecule has 0 saturated carbocycles. The first kappa shape index (κ1) is 11.8. The van der Waals surface area contributed by atoms with Crippen LogP contribution < -0.4 is 0 Å². The van der Waals surface area contributed by atoms with Crippen LogP contribution in [-0.2, 0) is 0 Å². The van der Waals surface area contributed by atoms with Crippen LogP contribution in [0.25, 0.3) is 33.4 Å². The van der Waals surface area contributed by atoms with Gasteiger partial charge in [0.2, 0.25) is 0 Å². The average Bonchev–Trinajstić information content (AvgIpc) is 2.75. The number of halogens is 1. The molecule has 0 heterocycles. The van der Waals surface area contributed by atoms with Gasteiger partial charge in [-0.2, -0.15) is 0 Å². The monoisotopic (exact) mass is 388 g/mol. The zero-order valence-corrected chi connectivity index (χ0v) is 15.0. The quantitative estimate of drug-likeness (QED) is 0.341. The predicted octanol–water partition coefficient (Wildman–Crippen LogP) is 7.45. The number of hydrogen-bond acceptors (Lipinski definition) is 0. The summed E-state index contributed by atoms with van der Waals surface area (Å²) in [6, 6.07) is 24.6. The molecule has 0 aliphatic rings. The van der Waals surface area contributed by atoms with E-state index < -0.39 is 0 Å². The van der Waals surface area contributed by atoms with Gasteiger partial charge in [0, 0.05) is 4.47 Å². The van der Waals surface area contributed by atoms with Gasteiger partial charge in [0.05, 0.1) is 5.48 Å². The smallest absolute Gasteiger partial charge is 0.0622 e. The Balaban J connectivity index is 1.88. The van der Waals surface area contributed by atoms with Crippen LogP contribution in [0.15, 0.2) is 108 Å². The lowest BCUT2D eigenvalue weighted by Gasteiger charge is -2.09. The van der Waals surface area contributed by atoms with Gasteiger partial charge in [0.25, 0.3) is 0 Å². The van der Waals surface area contributed by atoms with Crippen molar-refractivity contribution in [3.8, 4) is 33.4 Å². The molecule has 1 heteroatoms. The second-order valence-electron chi connectivity index (χ2n) is 5.68. The molecule has 0 unspecified atom stereocenters. The lowest BCUT2D eigenvalue weighted by Crippen LogP contribution is -1.84. The van der Waals surface area contributed by atoms with E-state index in [0.29, 0.717) is 22.3 Å². The maximum absolute atomic E-state index is 8.56. The van der Waals surface area contributed by atoms with Gasteiger partial charge >= 0.3 is 0 Å². The van der Waals surface area contributed by atoms with Gasteiger partial charge in [0.15, 0.2) is 0 Å². The molecule has 0 saturated heterocycles. The van der Waals surface area contributed by atoms with Crippen LogP contribution in [0.5, 0.6) is 0 Å². The largest absolute Gasteiger partial charge is 0.0629 e. The molecule has 25 heavy (non-hydrogen) atoms. The van der Waals surface area contributed by atoms with Crippen molar-refractivity contribution in [1.29, 1.82) is 0 Å². The standard InChI is InChI=1S/C24H17Br/c25-24-17-22(19-9-5-2-6-10-19)15-16-23(24)21-13-11-20(12-14-21)18-7-3-1-4-8-18/h1-17H/i11D,12D,13D,14D. The average molecular weight is 389 g/mol. The Kier molecular flexibility index (Phi) is 3.35. The van der Waals surface area contributed by atoms with Crippen molar-refractivity contribution in [2.75, 3.05) is 0 Å². The van der Waals surface area contributed by atoms with Crippen molar-refractivity contribution in [2.45, 2.75) is 0 Å². The van der Waals surface area contributed by atoms with Crippen molar-refractivity contribution in [1.82, 2.24) is 0 Å². The van der Waals surface area contributed by atoms with Crippen molar-refractivity contribution >= 4 is 15.9 Å². The lowest BCUT2D eigenvalue weighted by molar-refractivity contribution is 1.55. The van der Waals surface area contributed by atoms with Crippen molar-refractivity contribution in [2.24, 2.45) is 0 Å². The van der Waals surface area contributed by atoms with Crippen molar-refractivity contribution in [3.05, 3.63) is 108 Å². The normalized spacial score (nSPS) is 12.8. The van der Waals surface area contributed by atoms with E-state index >= 15 is 0 Å². The highest BCUT2D eigenvalue weighted by Gasteiger charge is 2.06. The molecule has 0 spiro atoms. The second-order valence-corrected chi connectivity index (χ2v) is 6.53. The maximum Gasteiger partial charge on any atom is 0.0629 e. The summed E-state index contributed by atoms with van der Waals surface area (Å²) in [4.78, 5) is 0. The molecule has 120 valence electrons.